The number of piperidine rings is 1. The third-order valence-electron chi connectivity index (χ3n) is 4.48. The summed E-state index contributed by atoms with van der Waals surface area (Å²) in [5.74, 6) is 0. The summed E-state index contributed by atoms with van der Waals surface area (Å²) in [4.78, 5) is 5.68. The number of thiazole rings is 1. The Morgan fingerprint density at radius 1 is 1.43 bits per heavy atom. The number of rotatable bonds is 2. The number of hydrogen-bond acceptors (Lipinski definition) is 5. The predicted molar refractivity (Wildman–Crippen MR) is 89.1 cm³/mol. The van der Waals surface area contributed by atoms with Crippen LogP contribution in [0.15, 0.2) is 0 Å². The van der Waals surface area contributed by atoms with Gasteiger partial charge >= 0.3 is 0 Å². The summed E-state index contributed by atoms with van der Waals surface area (Å²) in [5.41, 5.74) is 1.25. The SMILES string of the molecule is CC(C)(C)[S+]([O-])N[C@@H]1c2sc(Cl)nc2CC12CCNCC2. The summed E-state index contributed by atoms with van der Waals surface area (Å²) >= 11 is 6.54. The fourth-order valence-electron chi connectivity index (χ4n) is 3.25. The molecule has 2 aliphatic rings. The summed E-state index contributed by atoms with van der Waals surface area (Å²) in [6.07, 6.45) is 3.13. The fourth-order valence-corrected chi connectivity index (χ4v) is 5.61. The zero-order chi connectivity index (χ0) is 15.3. The van der Waals surface area contributed by atoms with Crippen molar-refractivity contribution in [2.75, 3.05) is 13.1 Å². The Morgan fingerprint density at radius 3 is 2.71 bits per heavy atom. The second-order valence-corrected chi connectivity index (χ2v) is 10.6. The average Bonchev–Trinajstić information content (AvgIpc) is 2.86. The zero-order valence-electron chi connectivity index (χ0n) is 12.7. The molecule has 1 aromatic heterocycles. The average molecular weight is 348 g/mol. The molecule has 2 heterocycles. The summed E-state index contributed by atoms with van der Waals surface area (Å²) in [7, 11) is 0. The summed E-state index contributed by atoms with van der Waals surface area (Å²) in [5, 5.41) is 3.42. The van der Waals surface area contributed by atoms with Crippen LogP contribution >= 0.6 is 22.9 Å². The van der Waals surface area contributed by atoms with E-state index in [9.17, 15) is 4.55 Å². The number of nitrogens with one attached hydrogen (secondary N) is 2. The molecule has 1 aliphatic carbocycles. The highest BCUT2D eigenvalue weighted by Crippen LogP contribution is 2.53. The number of aromatic nitrogens is 1. The molecule has 1 aliphatic heterocycles. The Labute approximate surface area is 138 Å². The van der Waals surface area contributed by atoms with Crippen LogP contribution in [0.5, 0.6) is 0 Å². The molecule has 2 N–H and O–H groups in total. The molecular formula is C14H22ClN3OS2. The molecule has 0 amide bonds. The second-order valence-electron chi connectivity index (χ2n) is 7.00. The first kappa shape index (κ1) is 16.0. The standard InChI is InChI=1S/C14H22ClN3OS2/c1-13(2,3)21(19)18-11-10-9(17-12(15)20-10)8-14(11)4-6-16-7-5-14/h11,16,18H,4-8H2,1-3H3/t11-,21?/m1/s1. The van der Waals surface area contributed by atoms with Gasteiger partial charge in [-0.1, -0.05) is 11.6 Å². The van der Waals surface area contributed by atoms with Crippen LogP contribution in [0.25, 0.3) is 0 Å². The van der Waals surface area contributed by atoms with Crippen molar-refractivity contribution in [1.29, 1.82) is 0 Å². The first-order chi connectivity index (χ1) is 9.82. The largest absolute Gasteiger partial charge is 0.598 e. The molecule has 7 heteroatoms. The van der Waals surface area contributed by atoms with E-state index in [1.54, 1.807) is 11.3 Å². The first-order valence-corrected chi connectivity index (χ1v) is 9.70. The maximum atomic E-state index is 12.6. The number of hydrogen-bond donors (Lipinski definition) is 2. The van der Waals surface area contributed by atoms with Crippen molar-refractivity contribution in [2.45, 2.75) is 50.8 Å². The topological polar surface area (TPSA) is 60.0 Å². The van der Waals surface area contributed by atoms with Gasteiger partial charge in [0.05, 0.1) is 16.6 Å². The smallest absolute Gasteiger partial charge is 0.184 e. The number of nitrogens with zero attached hydrogens (tertiary/aromatic N) is 1. The van der Waals surface area contributed by atoms with Crippen LogP contribution in [0.4, 0.5) is 0 Å². The van der Waals surface area contributed by atoms with Gasteiger partial charge in [0.1, 0.15) is 4.75 Å². The van der Waals surface area contributed by atoms with E-state index in [0.717, 1.165) is 38.0 Å². The van der Waals surface area contributed by atoms with Crippen LogP contribution in [0.1, 0.15) is 50.2 Å². The van der Waals surface area contributed by atoms with Crippen molar-refractivity contribution in [1.82, 2.24) is 15.0 Å². The molecule has 118 valence electrons. The van der Waals surface area contributed by atoms with Crippen LogP contribution in [0.3, 0.4) is 0 Å². The maximum Gasteiger partial charge on any atom is 0.184 e. The molecule has 0 bridgehead atoms. The van der Waals surface area contributed by atoms with Crippen molar-refractivity contribution in [3.63, 3.8) is 0 Å². The molecule has 1 unspecified atom stereocenters. The van der Waals surface area contributed by atoms with Crippen molar-refractivity contribution in [3.8, 4) is 0 Å². The Bertz CT molecular complexity index is 523. The predicted octanol–water partition coefficient (Wildman–Crippen LogP) is 2.82. The molecule has 21 heavy (non-hydrogen) atoms. The monoisotopic (exact) mass is 347 g/mol. The van der Waals surface area contributed by atoms with Gasteiger partial charge in [-0.15, -0.1) is 16.1 Å². The third kappa shape index (κ3) is 2.99. The van der Waals surface area contributed by atoms with Crippen LogP contribution in [-0.4, -0.2) is 27.4 Å². The molecule has 3 rings (SSSR count). The molecule has 2 atom stereocenters. The van der Waals surface area contributed by atoms with Gasteiger partial charge < -0.3 is 9.87 Å². The Hall–Kier alpha value is 0.150. The van der Waals surface area contributed by atoms with Crippen molar-refractivity contribution >= 4 is 34.3 Å². The summed E-state index contributed by atoms with van der Waals surface area (Å²) in [6.45, 7) is 8.04. The molecule has 4 nitrogen and oxygen atoms in total. The second kappa shape index (κ2) is 5.65. The van der Waals surface area contributed by atoms with Gasteiger partial charge in [0.25, 0.3) is 0 Å². The quantitative estimate of drug-likeness (QED) is 0.808. The Morgan fingerprint density at radius 2 is 2.10 bits per heavy atom. The lowest BCUT2D eigenvalue weighted by molar-refractivity contribution is 0.164. The molecule has 1 saturated heterocycles. The normalized spacial score (nSPS) is 26.0. The minimum Gasteiger partial charge on any atom is -0.598 e. The first-order valence-electron chi connectivity index (χ1n) is 7.36. The van der Waals surface area contributed by atoms with E-state index in [0.29, 0.717) is 4.47 Å². The minimum atomic E-state index is -1.09. The number of fused-ring (bicyclic) bond motifs is 1. The van der Waals surface area contributed by atoms with E-state index in [1.807, 2.05) is 20.8 Å². The van der Waals surface area contributed by atoms with Gasteiger partial charge in [-0.25, -0.2) is 4.98 Å². The summed E-state index contributed by atoms with van der Waals surface area (Å²) < 4.78 is 16.3. The molecule has 1 fully saturated rings. The van der Waals surface area contributed by atoms with E-state index < -0.39 is 11.4 Å². The Kier molecular flexibility index (Phi) is 4.31. The van der Waals surface area contributed by atoms with Crippen LogP contribution in [-0.2, 0) is 17.8 Å². The maximum absolute atomic E-state index is 12.6. The lowest BCUT2D eigenvalue weighted by Crippen LogP contribution is -2.48. The highest BCUT2D eigenvalue weighted by atomic mass is 35.5. The zero-order valence-corrected chi connectivity index (χ0v) is 15.1. The van der Waals surface area contributed by atoms with Crippen LogP contribution < -0.4 is 10.0 Å². The van der Waals surface area contributed by atoms with Gasteiger partial charge in [0.15, 0.2) is 4.47 Å². The van der Waals surface area contributed by atoms with Crippen LogP contribution in [0.2, 0.25) is 4.47 Å². The van der Waals surface area contributed by atoms with Gasteiger partial charge in [-0.2, -0.15) is 0 Å². The molecule has 0 saturated carbocycles. The van der Waals surface area contributed by atoms with E-state index in [4.69, 9.17) is 11.6 Å². The van der Waals surface area contributed by atoms with Crippen molar-refractivity contribution < 1.29 is 4.55 Å². The van der Waals surface area contributed by atoms with Gasteiger partial charge in [-0.3, -0.25) is 0 Å². The molecule has 0 radical (unpaired) electrons. The molecule has 1 aromatic rings. The number of halogens is 1. The van der Waals surface area contributed by atoms with Gasteiger partial charge in [0, 0.05) is 16.8 Å². The highest BCUT2D eigenvalue weighted by Gasteiger charge is 2.51. The van der Waals surface area contributed by atoms with E-state index in [-0.39, 0.29) is 16.2 Å². The van der Waals surface area contributed by atoms with Crippen molar-refractivity contribution in [2.24, 2.45) is 5.41 Å². The third-order valence-corrected chi connectivity index (χ3v) is 7.31. The Balaban J connectivity index is 1.90. The lowest BCUT2D eigenvalue weighted by atomic mass is 9.74. The summed E-state index contributed by atoms with van der Waals surface area (Å²) in [6, 6.07) is 0.111. The van der Waals surface area contributed by atoms with Gasteiger partial charge in [-0.05, 0) is 53.1 Å². The highest BCUT2D eigenvalue weighted by molar-refractivity contribution is 7.90. The fraction of sp³-hybridized carbons (Fsp3) is 0.786. The van der Waals surface area contributed by atoms with Gasteiger partial charge in [0.2, 0.25) is 0 Å². The molecular weight excluding hydrogens is 326 g/mol. The van der Waals surface area contributed by atoms with E-state index in [2.05, 4.69) is 15.0 Å². The molecule has 0 aromatic carbocycles. The van der Waals surface area contributed by atoms with E-state index >= 15 is 0 Å². The van der Waals surface area contributed by atoms with E-state index in [1.165, 1.54) is 4.88 Å². The minimum absolute atomic E-state index is 0.111. The van der Waals surface area contributed by atoms with Crippen molar-refractivity contribution in [3.05, 3.63) is 15.0 Å². The van der Waals surface area contributed by atoms with Crippen LogP contribution in [0, 0.1) is 5.41 Å². The lowest BCUT2D eigenvalue weighted by Gasteiger charge is -2.40. The molecule has 1 spiro atoms.